The maximum absolute atomic E-state index is 11.9. The molecule has 0 radical (unpaired) electrons. The summed E-state index contributed by atoms with van der Waals surface area (Å²) in [5, 5.41) is 2.59. The number of hydrogen-bond donors (Lipinski definition) is 3. The second-order valence-corrected chi connectivity index (χ2v) is 6.25. The molecule has 1 atom stereocenters. The van der Waals surface area contributed by atoms with Crippen molar-refractivity contribution in [2.45, 2.75) is 12.8 Å². The lowest BCUT2D eigenvalue weighted by Crippen LogP contribution is -2.35. The Balaban J connectivity index is 2.54. The molecule has 4 N–H and O–H groups in total. The first-order valence-corrected chi connectivity index (χ1v) is 7.55. The van der Waals surface area contributed by atoms with Crippen LogP contribution in [0.1, 0.15) is 18.4 Å². The van der Waals surface area contributed by atoms with Crippen molar-refractivity contribution in [2.24, 2.45) is 0 Å². The zero-order chi connectivity index (χ0) is 14.5. The summed E-state index contributed by atoms with van der Waals surface area (Å²) < 4.78 is 24.6. The standard InChI is InChI=1S/C12H19N3O3S/c1-9(10-4-3-5-11(13)8-10)12(16)15-6-7-19(17,18)14-2/h3-5,8-9,14H,6-7,13H2,1-2H3,(H,15,16). The number of hydrogen-bond acceptors (Lipinski definition) is 4. The molecule has 0 spiro atoms. The van der Waals surface area contributed by atoms with Gasteiger partial charge in [0.05, 0.1) is 11.7 Å². The van der Waals surface area contributed by atoms with Gasteiger partial charge in [-0.15, -0.1) is 0 Å². The normalized spacial score (nSPS) is 12.9. The van der Waals surface area contributed by atoms with E-state index in [1.54, 1.807) is 25.1 Å². The Kier molecular flexibility index (Phi) is 5.31. The Hall–Kier alpha value is -1.60. The van der Waals surface area contributed by atoms with E-state index in [1.807, 2.05) is 6.07 Å². The minimum Gasteiger partial charge on any atom is -0.399 e. The van der Waals surface area contributed by atoms with Gasteiger partial charge in [-0.1, -0.05) is 12.1 Å². The molecule has 7 heteroatoms. The summed E-state index contributed by atoms with van der Waals surface area (Å²) in [6, 6.07) is 7.06. The zero-order valence-electron chi connectivity index (χ0n) is 11.0. The van der Waals surface area contributed by atoms with Gasteiger partial charge in [0.15, 0.2) is 0 Å². The lowest BCUT2D eigenvalue weighted by Gasteiger charge is -2.13. The summed E-state index contributed by atoms with van der Waals surface area (Å²) in [6.45, 7) is 1.82. The van der Waals surface area contributed by atoms with E-state index in [-0.39, 0.29) is 24.1 Å². The quantitative estimate of drug-likeness (QED) is 0.642. The molecule has 1 unspecified atom stereocenters. The average molecular weight is 285 g/mol. The van der Waals surface area contributed by atoms with Crippen molar-refractivity contribution in [2.75, 3.05) is 25.1 Å². The summed E-state index contributed by atoms with van der Waals surface area (Å²) in [6.07, 6.45) is 0. The van der Waals surface area contributed by atoms with E-state index in [4.69, 9.17) is 5.73 Å². The monoisotopic (exact) mass is 285 g/mol. The predicted molar refractivity (Wildman–Crippen MR) is 75.1 cm³/mol. The summed E-state index contributed by atoms with van der Waals surface area (Å²) in [5.41, 5.74) is 7.04. The summed E-state index contributed by atoms with van der Waals surface area (Å²) in [4.78, 5) is 11.9. The number of nitrogens with one attached hydrogen (secondary N) is 2. The molecule has 0 saturated carbocycles. The van der Waals surface area contributed by atoms with Crippen LogP contribution in [0.4, 0.5) is 5.69 Å². The van der Waals surface area contributed by atoms with Gasteiger partial charge in [0.1, 0.15) is 0 Å². The van der Waals surface area contributed by atoms with Crippen LogP contribution in [0.15, 0.2) is 24.3 Å². The molecule has 1 amide bonds. The van der Waals surface area contributed by atoms with Crippen LogP contribution < -0.4 is 15.8 Å². The van der Waals surface area contributed by atoms with Gasteiger partial charge in [-0.05, 0) is 31.7 Å². The fourth-order valence-electron chi connectivity index (χ4n) is 1.54. The molecule has 0 aliphatic carbocycles. The van der Waals surface area contributed by atoms with Gasteiger partial charge in [0.25, 0.3) is 0 Å². The van der Waals surface area contributed by atoms with E-state index >= 15 is 0 Å². The number of nitrogen functional groups attached to an aromatic ring is 1. The van der Waals surface area contributed by atoms with Gasteiger partial charge >= 0.3 is 0 Å². The van der Waals surface area contributed by atoms with Gasteiger partial charge in [0.2, 0.25) is 15.9 Å². The molecule has 1 aromatic carbocycles. The number of amides is 1. The van der Waals surface area contributed by atoms with E-state index in [2.05, 4.69) is 10.0 Å². The molecule has 0 aliphatic heterocycles. The van der Waals surface area contributed by atoms with Crippen LogP contribution in [0.25, 0.3) is 0 Å². The van der Waals surface area contributed by atoms with E-state index in [9.17, 15) is 13.2 Å². The van der Waals surface area contributed by atoms with Crippen LogP contribution in [0, 0.1) is 0 Å². The first-order chi connectivity index (χ1) is 8.85. The second-order valence-electron chi connectivity index (χ2n) is 4.21. The largest absolute Gasteiger partial charge is 0.399 e. The van der Waals surface area contributed by atoms with Crippen LogP contribution in [0.5, 0.6) is 0 Å². The molecule has 0 bridgehead atoms. The Bertz CT molecular complexity index is 543. The van der Waals surface area contributed by atoms with Crippen molar-refractivity contribution in [3.63, 3.8) is 0 Å². The van der Waals surface area contributed by atoms with E-state index < -0.39 is 10.0 Å². The zero-order valence-corrected chi connectivity index (χ0v) is 11.8. The number of nitrogens with two attached hydrogens (primary N) is 1. The Morgan fingerprint density at radius 1 is 1.42 bits per heavy atom. The first-order valence-electron chi connectivity index (χ1n) is 5.90. The highest BCUT2D eigenvalue weighted by Gasteiger charge is 2.16. The summed E-state index contributed by atoms with van der Waals surface area (Å²) in [7, 11) is -1.96. The molecular formula is C12H19N3O3S. The third kappa shape index (κ3) is 4.88. The number of carbonyl (C=O) groups excluding carboxylic acids is 1. The third-order valence-electron chi connectivity index (χ3n) is 2.78. The highest BCUT2D eigenvalue weighted by molar-refractivity contribution is 7.89. The van der Waals surface area contributed by atoms with Gasteiger partial charge in [-0.3, -0.25) is 4.79 Å². The number of benzene rings is 1. The molecule has 0 saturated heterocycles. The fraction of sp³-hybridized carbons (Fsp3) is 0.417. The van der Waals surface area contributed by atoms with Crippen LogP contribution in [-0.4, -0.2) is 33.7 Å². The highest BCUT2D eigenvalue weighted by Crippen LogP contribution is 2.17. The van der Waals surface area contributed by atoms with E-state index in [0.717, 1.165) is 5.56 Å². The minimum atomic E-state index is -3.30. The van der Waals surface area contributed by atoms with Gasteiger partial charge in [0, 0.05) is 12.2 Å². The van der Waals surface area contributed by atoms with Crippen molar-refractivity contribution < 1.29 is 13.2 Å². The maximum Gasteiger partial charge on any atom is 0.227 e. The lowest BCUT2D eigenvalue weighted by atomic mass is 10.00. The molecule has 6 nitrogen and oxygen atoms in total. The highest BCUT2D eigenvalue weighted by atomic mass is 32.2. The van der Waals surface area contributed by atoms with Gasteiger partial charge in [-0.25, -0.2) is 13.1 Å². The minimum absolute atomic E-state index is 0.0780. The summed E-state index contributed by atoms with van der Waals surface area (Å²) >= 11 is 0. The topological polar surface area (TPSA) is 101 Å². The van der Waals surface area contributed by atoms with Crippen LogP contribution in [0.3, 0.4) is 0 Å². The number of carbonyl (C=O) groups is 1. The molecule has 0 aromatic heterocycles. The van der Waals surface area contributed by atoms with Crippen molar-refractivity contribution in [3.05, 3.63) is 29.8 Å². The number of sulfonamides is 1. The summed E-state index contributed by atoms with van der Waals surface area (Å²) in [5.74, 6) is -0.739. The van der Waals surface area contributed by atoms with E-state index in [0.29, 0.717) is 5.69 Å². The SMILES string of the molecule is CNS(=O)(=O)CCNC(=O)C(C)c1cccc(N)c1. The predicted octanol–water partition coefficient (Wildman–Crippen LogP) is 0.0377. The molecule has 1 rings (SSSR count). The van der Waals surface area contributed by atoms with Crippen molar-refractivity contribution >= 4 is 21.6 Å². The molecule has 0 aliphatic rings. The fourth-order valence-corrected chi connectivity index (χ4v) is 2.12. The average Bonchev–Trinajstić information content (AvgIpc) is 2.37. The van der Waals surface area contributed by atoms with E-state index in [1.165, 1.54) is 7.05 Å². The number of rotatable bonds is 6. The molecule has 19 heavy (non-hydrogen) atoms. The van der Waals surface area contributed by atoms with Gasteiger partial charge in [-0.2, -0.15) is 0 Å². The smallest absolute Gasteiger partial charge is 0.227 e. The Morgan fingerprint density at radius 3 is 2.68 bits per heavy atom. The molecule has 0 fully saturated rings. The van der Waals surface area contributed by atoms with Crippen molar-refractivity contribution in [1.82, 2.24) is 10.0 Å². The van der Waals surface area contributed by atoms with Gasteiger partial charge < -0.3 is 11.1 Å². The van der Waals surface area contributed by atoms with Crippen LogP contribution in [0.2, 0.25) is 0 Å². The molecule has 0 heterocycles. The Morgan fingerprint density at radius 2 is 2.11 bits per heavy atom. The molecular weight excluding hydrogens is 266 g/mol. The second kappa shape index (κ2) is 6.53. The molecule has 106 valence electrons. The van der Waals surface area contributed by atoms with Crippen LogP contribution in [-0.2, 0) is 14.8 Å². The molecule has 1 aromatic rings. The maximum atomic E-state index is 11.9. The third-order valence-corrected chi connectivity index (χ3v) is 4.15. The van der Waals surface area contributed by atoms with Crippen molar-refractivity contribution in [1.29, 1.82) is 0 Å². The first kappa shape index (κ1) is 15.5. The lowest BCUT2D eigenvalue weighted by molar-refractivity contribution is -0.122. The van der Waals surface area contributed by atoms with Crippen molar-refractivity contribution in [3.8, 4) is 0 Å². The van der Waals surface area contributed by atoms with Crippen LogP contribution >= 0.6 is 0 Å². The Labute approximate surface area is 113 Å². The number of anilines is 1.